The zero-order valence-electron chi connectivity index (χ0n) is 11.6. The Balaban J connectivity index is 2.83. The van der Waals surface area contributed by atoms with Crippen molar-refractivity contribution in [1.29, 1.82) is 0 Å². The first-order valence-electron chi connectivity index (χ1n) is 6.35. The van der Waals surface area contributed by atoms with E-state index in [1.54, 1.807) is 6.07 Å². The van der Waals surface area contributed by atoms with Gasteiger partial charge in [-0.05, 0) is 18.6 Å². The van der Waals surface area contributed by atoms with Gasteiger partial charge in [0.25, 0.3) is 0 Å². The van der Waals surface area contributed by atoms with Crippen LogP contribution in [-0.4, -0.2) is 33.7 Å². The molecule has 0 radical (unpaired) electrons. The van der Waals surface area contributed by atoms with Crippen molar-refractivity contribution in [2.45, 2.75) is 19.8 Å². The Hall–Kier alpha value is -1.63. The van der Waals surface area contributed by atoms with Gasteiger partial charge in [-0.3, -0.25) is 9.10 Å². The third-order valence-corrected chi connectivity index (χ3v) is 3.82. The van der Waals surface area contributed by atoms with E-state index >= 15 is 0 Å². The molecule has 0 heterocycles. The lowest BCUT2D eigenvalue weighted by atomic mass is 10.3. The molecule has 0 fully saturated rings. The minimum Gasteiger partial charge on any atom is -0.356 e. The van der Waals surface area contributed by atoms with Crippen molar-refractivity contribution >= 4 is 21.6 Å². The molecule has 0 aliphatic heterocycles. The van der Waals surface area contributed by atoms with E-state index in [0.717, 1.165) is 17.0 Å². The third kappa shape index (κ3) is 4.80. The van der Waals surface area contributed by atoms with E-state index in [9.17, 15) is 17.6 Å². The van der Waals surface area contributed by atoms with Gasteiger partial charge in [0.1, 0.15) is 5.82 Å². The number of para-hydroxylation sites is 1. The summed E-state index contributed by atoms with van der Waals surface area (Å²) in [6, 6.07) is 5.59. The molecule has 0 saturated carbocycles. The molecule has 7 heteroatoms. The second-order valence-electron chi connectivity index (χ2n) is 4.39. The smallest absolute Gasteiger partial charge is 0.232 e. The number of nitrogens with one attached hydrogen (secondary N) is 1. The molecule has 1 aromatic carbocycles. The topological polar surface area (TPSA) is 66.5 Å². The average molecular weight is 302 g/mol. The number of rotatable bonds is 7. The lowest BCUT2D eigenvalue weighted by Gasteiger charge is -2.22. The molecule has 0 aliphatic carbocycles. The maximum atomic E-state index is 13.7. The van der Waals surface area contributed by atoms with Crippen molar-refractivity contribution < 1.29 is 17.6 Å². The maximum Gasteiger partial charge on any atom is 0.232 e. The van der Waals surface area contributed by atoms with Crippen molar-refractivity contribution in [3.63, 3.8) is 0 Å². The Kier molecular flexibility index (Phi) is 5.94. The molecular weight excluding hydrogens is 283 g/mol. The molecule has 112 valence electrons. The van der Waals surface area contributed by atoms with Crippen LogP contribution in [0.3, 0.4) is 0 Å². The minimum atomic E-state index is -3.64. The van der Waals surface area contributed by atoms with Crippen LogP contribution in [0.25, 0.3) is 0 Å². The van der Waals surface area contributed by atoms with Gasteiger partial charge in [0.15, 0.2) is 0 Å². The predicted molar refractivity (Wildman–Crippen MR) is 76.5 cm³/mol. The highest BCUT2D eigenvalue weighted by Gasteiger charge is 2.21. The molecule has 0 spiro atoms. The van der Waals surface area contributed by atoms with Crippen LogP contribution in [0, 0.1) is 5.82 Å². The number of anilines is 1. The first kappa shape index (κ1) is 16.4. The number of sulfonamides is 1. The Morgan fingerprint density at radius 1 is 1.35 bits per heavy atom. The quantitative estimate of drug-likeness (QED) is 0.830. The Bertz CT molecular complexity index is 560. The van der Waals surface area contributed by atoms with E-state index in [2.05, 4.69) is 5.32 Å². The second-order valence-corrected chi connectivity index (χ2v) is 6.29. The fourth-order valence-electron chi connectivity index (χ4n) is 1.67. The fraction of sp³-hybridized carbons (Fsp3) is 0.462. The number of hydrogen-bond acceptors (Lipinski definition) is 3. The van der Waals surface area contributed by atoms with Gasteiger partial charge in [-0.1, -0.05) is 19.1 Å². The van der Waals surface area contributed by atoms with Gasteiger partial charge < -0.3 is 5.32 Å². The standard InChI is InChI=1S/C13H19FN2O3S/c1-3-9-15-13(17)8-10-16(20(2,18)19)12-7-5-4-6-11(12)14/h4-7H,3,8-10H2,1-2H3,(H,15,17). The number of carbonyl (C=O) groups is 1. The van der Waals surface area contributed by atoms with Gasteiger partial charge in [-0.2, -0.15) is 0 Å². The highest BCUT2D eigenvalue weighted by atomic mass is 32.2. The van der Waals surface area contributed by atoms with Gasteiger partial charge in [0.2, 0.25) is 15.9 Å². The molecule has 0 atom stereocenters. The third-order valence-electron chi connectivity index (χ3n) is 2.64. The van der Waals surface area contributed by atoms with Crippen LogP contribution in [0.15, 0.2) is 24.3 Å². The van der Waals surface area contributed by atoms with Crippen molar-refractivity contribution in [3.05, 3.63) is 30.1 Å². The molecule has 1 aromatic rings. The summed E-state index contributed by atoms with van der Waals surface area (Å²) in [6.07, 6.45) is 1.78. The van der Waals surface area contributed by atoms with Crippen LogP contribution in [-0.2, 0) is 14.8 Å². The molecular formula is C13H19FN2O3S. The number of halogens is 1. The highest BCUT2D eigenvalue weighted by Crippen LogP contribution is 2.21. The van der Waals surface area contributed by atoms with Gasteiger partial charge in [0, 0.05) is 19.5 Å². The lowest BCUT2D eigenvalue weighted by molar-refractivity contribution is -0.120. The summed E-state index contributed by atoms with van der Waals surface area (Å²) in [5.74, 6) is -0.885. The van der Waals surface area contributed by atoms with Crippen LogP contribution < -0.4 is 9.62 Å². The number of carbonyl (C=O) groups excluding carboxylic acids is 1. The number of hydrogen-bond donors (Lipinski definition) is 1. The zero-order chi connectivity index (χ0) is 15.2. The molecule has 5 nitrogen and oxygen atoms in total. The van der Waals surface area contributed by atoms with E-state index in [0.29, 0.717) is 6.54 Å². The molecule has 20 heavy (non-hydrogen) atoms. The molecule has 0 aliphatic rings. The summed E-state index contributed by atoms with van der Waals surface area (Å²) in [4.78, 5) is 11.5. The van der Waals surface area contributed by atoms with E-state index in [4.69, 9.17) is 0 Å². The van der Waals surface area contributed by atoms with Crippen molar-refractivity contribution in [2.75, 3.05) is 23.7 Å². The molecule has 1 amide bonds. The Morgan fingerprint density at radius 2 is 2.00 bits per heavy atom. The second kappa shape index (κ2) is 7.23. The number of benzene rings is 1. The van der Waals surface area contributed by atoms with Crippen LogP contribution in [0.4, 0.5) is 10.1 Å². The molecule has 1 rings (SSSR count). The Morgan fingerprint density at radius 3 is 2.55 bits per heavy atom. The van der Waals surface area contributed by atoms with Crippen LogP contribution in [0.5, 0.6) is 0 Å². The monoisotopic (exact) mass is 302 g/mol. The Labute approximate surface area is 118 Å². The van der Waals surface area contributed by atoms with Crippen LogP contribution in [0.2, 0.25) is 0 Å². The van der Waals surface area contributed by atoms with Gasteiger partial charge in [-0.25, -0.2) is 12.8 Å². The highest BCUT2D eigenvalue weighted by molar-refractivity contribution is 7.92. The van der Waals surface area contributed by atoms with E-state index in [-0.39, 0.29) is 24.6 Å². The summed E-state index contributed by atoms with van der Waals surface area (Å²) in [7, 11) is -3.64. The predicted octanol–water partition coefficient (Wildman–Crippen LogP) is 1.51. The lowest BCUT2D eigenvalue weighted by Crippen LogP contribution is -2.35. The van der Waals surface area contributed by atoms with Gasteiger partial charge in [0.05, 0.1) is 11.9 Å². The van der Waals surface area contributed by atoms with Crippen LogP contribution in [0.1, 0.15) is 19.8 Å². The SMILES string of the molecule is CCCNC(=O)CCN(c1ccccc1F)S(C)(=O)=O. The van der Waals surface area contributed by atoms with Crippen LogP contribution >= 0.6 is 0 Å². The maximum absolute atomic E-state index is 13.7. The fourth-order valence-corrected chi connectivity index (χ4v) is 2.60. The number of amides is 1. The van der Waals surface area contributed by atoms with E-state index in [1.165, 1.54) is 18.2 Å². The van der Waals surface area contributed by atoms with Gasteiger partial charge >= 0.3 is 0 Å². The number of nitrogens with zero attached hydrogens (tertiary/aromatic N) is 1. The minimum absolute atomic E-state index is 0.0125. The van der Waals surface area contributed by atoms with E-state index < -0.39 is 15.8 Å². The zero-order valence-corrected chi connectivity index (χ0v) is 12.4. The normalized spacial score (nSPS) is 11.2. The average Bonchev–Trinajstić information content (AvgIpc) is 2.37. The summed E-state index contributed by atoms with van der Waals surface area (Å²) in [5.41, 5.74) is -0.0432. The summed E-state index contributed by atoms with van der Waals surface area (Å²) in [5, 5.41) is 2.65. The molecule has 0 unspecified atom stereocenters. The summed E-state index contributed by atoms with van der Waals surface area (Å²) < 4.78 is 38.1. The van der Waals surface area contributed by atoms with Gasteiger partial charge in [-0.15, -0.1) is 0 Å². The summed E-state index contributed by atoms with van der Waals surface area (Å²) >= 11 is 0. The molecule has 0 aromatic heterocycles. The summed E-state index contributed by atoms with van der Waals surface area (Å²) in [6.45, 7) is 2.37. The largest absolute Gasteiger partial charge is 0.356 e. The van der Waals surface area contributed by atoms with Crippen molar-refractivity contribution in [1.82, 2.24) is 5.32 Å². The van der Waals surface area contributed by atoms with Crippen molar-refractivity contribution in [3.8, 4) is 0 Å². The first-order chi connectivity index (χ1) is 9.36. The first-order valence-corrected chi connectivity index (χ1v) is 8.20. The molecule has 0 bridgehead atoms. The van der Waals surface area contributed by atoms with E-state index in [1.807, 2.05) is 6.92 Å². The molecule has 1 N–H and O–H groups in total. The molecule has 0 saturated heterocycles. The van der Waals surface area contributed by atoms with Crippen molar-refractivity contribution in [2.24, 2.45) is 0 Å².